The molecule has 2 unspecified atom stereocenters. The van der Waals surface area contributed by atoms with Crippen LogP contribution in [0.15, 0.2) is 0 Å². The van der Waals surface area contributed by atoms with E-state index < -0.39 is 0 Å². The Balaban J connectivity index is 2.57. The lowest BCUT2D eigenvalue weighted by Gasteiger charge is -2.30. The van der Waals surface area contributed by atoms with Gasteiger partial charge in [-0.05, 0) is 30.1 Å². The van der Waals surface area contributed by atoms with E-state index in [0.29, 0.717) is 17.3 Å². The minimum Gasteiger partial charge on any atom is -0.251 e. The van der Waals surface area contributed by atoms with Gasteiger partial charge in [0.2, 0.25) is 0 Å². The quantitative estimate of drug-likeness (QED) is 0.548. The predicted octanol–water partition coefficient (Wildman–Crippen LogP) is 3.42. The van der Waals surface area contributed by atoms with E-state index >= 15 is 0 Å². The third-order valence-corrected chi connectivity index (χ3v) is 2.97. The zero-order valence-corrected chi connectivity index (χ0v) is 7.86. The SMILES string of the molecule is CC(C)(C)C1CCCC1CF. The molecule has 0 aromatic rings. The normalized spacial score (nSPS) is 32.7. The Bertz CT molecular complexity index is 123. The molecule has 0 nitrogen and oxygen atoms in total. The highest BCUT2D eigenvalue weighted by Gasteiger charge is 2.35. The number of hydrogen-bond donors (Lipinski definition) is 0. The lowest BCUT2D eigenvalue weighted by molar-refractivity contribution is 0.161. The van der Waals surface area contributed by atoms with E-state index in [2.05, 4.69) is 20.8 Å². The molecule has 2 atom stereocenters. The summed E-state index contributed by atoms with van der Waals surface area (Å²) < 4.78 is 12.5. The monoisotopic (exact) mass is 158 g/mol. The van der Waals surface area contributed by atoms with Crippen LogP contribution in [0.4, 0.5) is 4.39 Å². The fourth-order valence-corrected chi connectivity index (χ4v) is 2.36. The molecule has 0 spiro atoms. The Morgan fingerprint density at radius 3 is 2.27 bits per heavy atom. The molecule has 0 saturated heterocycles. The minimum atomic E-state index is -0.109. The molecule has 1 fully saturated rings. The van der Waals surface area contributed by atoms with Crippen molar-refractivity contribution in [2.24, 2.45) is 17.3 Å². The highest BCUT2D eigenvalue weighted by molar-refractivity contribution is 4.85. The molecule has 1 saturated carbocycles. The van der Waals surface area contributed by atoms with Crippen molar-refractivity contribution in [3.63, 3.8) is 0 Å². The van der Waals surface area contributed by atoms with Crippen molar-refractivity contribution >= 4 is 0 Å². The second-order valence-electron chi connectivity index (χ2n) is 4.82. The minimum absolute atomic E-state index is 0.109. The summed E-state index contributed by atoms with van der Waals surface area (Å²) >= 11 is 0. The van der Waals surface area contributed by atoms with Gasteiger partial charge in [0.05, 0.1) is 6.67 Å². The van der Waals surface area contributed by atoms with Gasteiger partial charge < -0.3 is 0 Å². The van der Waals surface area contributed by atoms with Gasteiger partial charge in [-0.2, -0.15) is 0 Å². The van der Waals surface area contributed by atoms with Crippen LogP contribution in [0.2, 0.25) is 0 Å². The predicted molar refractivity (Wildman–Crippen MR) is 46.3 cm³/mol. The Hall–Kier alpha value is -0.0700. The first-order valence-electron chi connectivity index (χ1n) is 4.61. The van der Waals surface area contributed by atoms with Crippen molar-refractivity contribution < 1.29 is 4.39 Å². The average Bonchev–Trinajstić information content (AvgIpc) is 2.31. The summed E-state index contributed by atoms with van der Waals surface area (Å²) in [6.07, 6.45) is 3.58. The van der Waals surface area contributed by atoms with E-state index in [1.807, 2.05) is 0 Å². The van der Waals surface area contributed by atoms with Crippen LogP contribution in [0.25, 0.3) is 0 Å². The molecule has 0 aliphatic heterocycles. The van der Waals surface area contributed by atoms with Crippen molar-refractivity contribution in [1.82, 2.24) is 0 Å². The molecule has 0 heterocycles. The van der Waals surface area contributed by atoms with Crippen molar-refractivity contribution in [3.05, 3.63) is 0 Å². The average molecular weight is 158 g/mol. The third-order valence-electron chi connectivity index (χ3n) is 2.97. The van der Waals surface area contributed by atoms with Gasteiger partial charge in [0, 0.05) is 0 Å². The Morgan fingerprint density at radius 2 is 1.91 bits per heavy atom. The maximum absolute atomic E-state index is 12.5. The largest absolute Gasteiger partial charge is 0.251 e. The van der Waals surface area contributed by atoms with Gasteiger partial charge in [0.15, 0.2) is 0 Å². The van der Waals surface area contributed by atoms with Crippen LogP contribution in [0, 0.1) is 17.3 Å². The molecule has 66 valence electrons. The highest BCUT2D eigenvalue weighted by Crippen LogP contribution is 2.43. The molecule has 1 rings (SSSR count). The number of rotatable bonds is 1. The lowest BCUT2D eigenvalue weighted by Crippen LogP contribution is -2.24. The Morgan fingerprint density at radius 1 is 1.27 bits per heavy atom. The van der Waals surface area contributed by atoms with E-state index in [0.717, 1.165) is 6.42 Å². The molecule has 0 radical (unpaired) electrons. The maximum atomic E-state index is 12.5. The van der Waals surface area contributed by atoms with E-state index in [9.17, 15) is 4.39 Å². The zero-order valence-electron chi connectivity index (χ0n) is 7.86. The zero-order chi connectivity index (χ0) is 8.48. The highest BCUT2D eigenvalue weighted by atomic mass is 19.1. The van der Waals surface area contributed by atoms with Gasteiger partial charge in [0.25, 0.3) is 0 Å². The summed E-state index contributed by atoms with van der Waals surface area (Å²) in [5.74, 6) is 0.975. The summed E-state index contributed by atoms with van der Waals surface area (Å²) in [4.78, 5) is 0. The summed E-state index contributed by atoms with van der Waals surface area (Å²) in [5.41, 5.74) is 0.313. The van der Waals surface area contributed by atoms with Crippen molar-refractivity contribution in [2.45, 2.75) is 40.0 Å². The molecular formula is C10H19F. The van der Waals surface area contributed by atoms with Crippen LogP contribution < -0.4 is 0 Å². The maximum Gasteiger partial charge on any atom is 0.0925 e. The van der Waals surface area contributed by atoms with Gasteiger partial charge in [-0.25, -0.2) is 0 Å². The number of halogens is 1. The van der Waals surface area contributed by atoms with E-state index in [4.69, 9.17) is 0 Å². The van der Waals surface area contributed by atoms with Gasteiger partial charge in [-0.1, -0.05) is 27.2 Å². The summed E-state index contributed by atoms with van der Waals surface area (Å²) in [6.45, 7) is 6.57. The molecule has 0 aromatic carbocycles. The van der Waals surface area contributed by atoms with Crippen molar-refractivity contribution in [3.8, 4) is 0 Å². The van der Waals surface area contributed by atoms with Crippen LogP contribution in [-0.4, -0.2) is 6.67 Å². The first kappa shape index (κ1) is 9.02. The topological polar surface area (TPSA) is 0 Å². The molecule has 0 aromatic heterocycles. The van der Waals surface area contributed by atoms with Crippen LogP contribution in [0.5, 0.6) is 0 Å². The van der Waals surface area contributed by atoms with Crippen LogP contribution in [-0.2, 0) is 0 Å². The molecule has 1 aliphatic rings. The van der Waals surface area contributed by atoms with Gasteiger partial charge in [0.1, 0.15) is 0 Å². The Kier molecular flexibility index (Phi) is 2.56. The summed E-state index contributed by atoms with van der Waals surface area (Å²) in [7, 11) is 0. The second kappa shape index (κ2) is 3.12. The smallest absolute Gasteiger partial charge is 0.0925 e. The summed E-state index contributed by atoms with van der Waals surface area (Å²) in [6, 6.07) is 0. The fourth-order valence-electron chi connectivity index (χ4n) is 2.36. The molecule has 0 bridgehead atoms. The van der Waals surface area contributed by atoms with Gasteiger partial charge in [-0.15, -0.1) is 0 Å². The second-order valence-corrected chi connectivity index (χ2v) is 4.82. The summed E-state index contributed by atoms with van der Waals surface area (Å²) in [5, 5.41) is 0. The molecule has 11 heavy (non-hydrogen) atoms. The third kappa shape index (κ3) is 1.94. The van der Waals surface area contributed by atoms with Crippen molar-refractivity contribution in [2.75, 3.05) is 6.67 Å². The van der Waals surface area contributed by atoms with Crippen LogP contribution >= 0.6 is 0 Å². The fraction of sp³-hybridized carbons (Fsp3) is 1.00. The number of alkyl halides is 1. The van der Waals surface area contributed by atoms with Gasteiger partial charge in [-0.3, -0.25) is 4.39 Å². The van der Waals surface area contributed by atoms with Crippen molar-refractivity contribution in [1.29, 1.82) is 0 Å². The number of hydrogen-bond acceptors (Lipinski definition) is 0. The molecular weight excluding hydrogens is 139 g/mol. The van der Waals surface area contributed by atoms with E-state index in [-0.39, 0.29) is 6.67 Å². The first-order chi connectivity index (χ1) is 5.05. The first-order valence-corrected chi connectivity index (χ1v) is 4.61. The molecule has 1 heteroatoms. The standard InChI is InChI=1S/C10H19F/c1-10(2,3)9-6-4-5-8(9)7-11/h8-9H,4-7H2,1-3H3. The van der Waals surface area contributed by atoms with Crippen LogP contribution in [0.1, 0.15) is 40.0 Å². The molecule has 0 amide bonds. The van der Waals surface area contributed by atoms with E-state index in [1.54, 1.807) is 0 Å². The lowest BCUT2D eigenvalue weighted by atomic mass is 9.75. The van der Waals surface area contributed by atoms with Crippen LogP contribution in [0.3, 0.4) is 0 Å². The van der Waals surface area contributed by atoms with Gasteiger partial charge >= 0.3 is 0 Å². The molecule has 1 aliphatic carbocycles. The Labute approximate surface area is 69.2 Å². The molecule has 0 N–H and O–H groups in total. The van der Waals surface area contributed by atoms with E-state index in [1.165, 1.54) is 12.8 Å².